The monoisotopic (exact) mass is 514 g/mol. The number of hydrogen-bond acceptors (Lipinski definition) is 6. The Morgan fingerprint density at radius 3 is 2.63 bits per heavy atom. The van der Waals surface area contributed by atoms with Crippen molar-refractivity contribution in [2.45, 2.75) is 50.2 Å². The van der Waals surface area contributed by atoms with Gasteiger partial charge in [-0.15, -0.1) is 11.3 Å². The number of fused-ring (bicyclic) bond motifs is 1. The van der Waals surface area contributed by atoms with Gasteiger partial charge in [-0.1, -0.05) is 43.0 Å². The van der Waals surface area contributed by atoms with E-state index in [1.165, 1.54) is 43.3 Å². The molecule has 1 aromatic carbocycles. The van der Waals surface area contributed by atoms with E-state index in [2.05, 4.69) is 16.5 Å². The van der Waals surface area contributed by atoms with Gasteiger partial charge in [-0.3, -0.25) is 0 Å². The standard InChI is InChI=1S/C27H31ClN2O4S/c1-29-12-13-34-22(15-29)21(16-31)30-20-14-23(27(32)33-2)35-26(20)24(17-6-4-3-5-7-17)25(30)18-8-10-19(28)11-9-18/h8-11,14,16-17,21-22H,3-7,12-13,15H2,1-2H3. The molecule has 1 saturated carbocycles. The summed E-state index contributed by atoms with van der Waals surface area (Å²) >= 11 is 7.72. The van der Waals surface area contributed by atoms with Crippen LogP contribution in [0.1, 0.15) is 59.3 Å². The molecule has 3 heterocycles. The summed E-state index contributed by atoms with van der Waals surface area (Å²) in [6.45, 7) is 2.08. The summed E-state index contributed by atoms with van der Waals surface area (Å²) in [7, 11) is 3.46. The van der Waals surface area contributed by atoms with Crippen LogP contribution in [0.15, 0.2) is 30.3 Å². The highest BCUT2D eigenvalue weighted by Gasteiger charge is 2.35. The van der Waals surface area contributed by atoms with E-state index in [4.69, 9.17) is 21.1 Å². The van der Waals surface area contributed by atoms with E-state index in [0.29, 0.717) is 29.0 Å². The van der Waals surface area contributed by atoms with Gasteiger partial charge in [-0.25, -0.2) is 4.79 Å². The molecule has 0 spiro atoms. The third-order valence-electron chi connectivity index (χ3n) is 7.35. The number of thiophene rings is 1. The zero-order valence-electron chi connectivity index (χ0n) is 20.2. The average molecular weight is 515 g/mol. The number of carbonyl (C=O) groups is 2. The van der Waals surface area contributed by atoms with Crippen molar-refractivity contribution in [2.75, 3.05) is 33.9 Å². The Morgan fingerprint density at radius 2 is 1.97 bits per heavy atom. The van der Waals surface area contributed by atoms with Crippen LogP contribution in [-0.2, 0) is 14.3 Å². The van der Waals surface area contributed by atoms with Crippen molar-refractivity contribution in [3.05, 3.63) is 45.8 Å². The predicted octanol–water partition coefficient (Wildman–Crippen LogP) is 5.93. The molecule has 1 saturated heterocycles. The molecular weight excluding hydrogens is 484 g/mol. The first kappa shape index (κ1) is 24.5. The van der Waals surface area contributed by atoms with E-state index < -0.39 is 6.04 Å². The van der Waals surface area contributed by atoms with Gasteiger partial charge in [-0.2, -0.15) is 0 Å². The summed E-state index contributed by atoms with van der Waals surface area (Å²) < 4.78 is 14.4. The fourth-order valence-corrected chi connectivity index (χ4v) is 6.94. The van der Waals surface area contributed by atoms with Crippen LogP contribution in [0.2, 0.25) is 5.02 Å². The number of methoxy groups -OCH3 is 1. The number of benzene rings is 1. The first-order valence-corrected chi connectivity index (χ1v) is 13.5. The Hall–Kier alpha value is -2.19. The fraction of sp³-hybridized carbons (Fsp3) is 0.481. The molecule has 0 radical (unpaired) electrons. The van der Waals surface area contributed by atoms with Crippen LogP contribution < -0.4 is 0 Å². The van der Waals surface area contributed by atoms with Crippen LogP contribution >= 0.6 is 22.9 Å². The lowest BCUT2D eigenvalue weighted by atomic mass is 9.83. The number of morpholine rings is 1. The number of rotatable bonds is 6. The molecule has 2 atom stereocenters. The number of likely N-dealkylation sites (N-methyl/N-ethyl adjacent to an activating group) is 1. The first-order chi connectivity index (χ1) is 17.0. The maximum atomic E-state index is 12.7. The van der Waals surface area contributed by atoms with Gasteiger partial charge in [0.25, 0.3) is 0 Å². The molecule has 8 heteroatoms. The van der Waals surface area contributed by atoms with Gasteiger partial charge in [0.2, 0.25) is 0 Å². The van der Waals surface area contributed by atoms with Crippen molar-refractivity contribution in [1.82, 2.24) is 9.47 Å². The molecule has 1 aliphatic carbocycles. The van der Waals surface area contributed by atoms with Crippen molar-refractivity contribution in [1.29, 1.82) is 0 Å². The van der Waals surface area contributed by atoms with Crippen LogP contribution in [0.25, 0.3) is 21.5 Å². The molecule has 0 bridgehead atoms. The van der Waals surface area contributed by atoms with Crippen molar-refractivity contribution in [3.63, 3.8) is 0 Å². The molecule has 6 nitrogen and oxygen atoms in total. The number of nitrogens with zero attached hydrogens (tertiary/aromatic N) is 2. The quantitative estimate of drug-likeness (QED) is 0.301. The Morgan fingerprint density at radius 1 is 1.23 bits per heavy atom. The second kappa shape index (κ2) is 10.4. The van der Waals surface area contributed by atoms with E-state index in [0.717, 1.165) is 47.1 Å². The van der Waals surface area contributed by atoms with Crippen molar-refractivity contribution >= 4 is 45.4 Å². The van der Waals surface area contributed by atoms with Crippen LogP contribution in [0.5, 0.6) is 0 Å². The zero-order valence-corrected chi connectivity index (χ0v) is 21.7. The minimum Gasteiger partial charge on any atom is -0.465 e. The number of aromatic nitrogens is 1. The van der Waals surface area contributed by atoms with E-state index in [9.17, 15) is 9.59 Å². The summed E-state index contributed by atoms with van der Waals surface area (Å²) in [4.78, 5) is 28.0. The summed E-state index contributed by atoms with van der Waals surface area (Å²) in [6.07, 6.45) is 6.52. The number of ether oxygens (including phenoxy) is 2. The molecule has 2 unspecified atom stereocenters. The maximum absolute atomic E-state index is 12.7. The number of esters is 1. The summed E-state index contributed by atoms with van der Waals surface area (Å²) in [6, 6.07) is 9.22. The highest BCUT2D eigenvalue weighted by molar-refractivity contribution is 7.21. The van der Waals surface area contributed by atoms with Crippen molar-refractivity contribution in [2.24, 2.45) is 0 Å². The topological polar surface area (TPSA) is 60.8 Å². The Labute approximate surface area is 214 Å². The zero-order chi connectivity index (χ0) is 24.5. The average Bonchev–Trinajstić information content (AvgIpc) is 3.43. The van der Waals surface area contributed by atoms with Crippen LogP contribution in [0, 0.1) is 0 Å². The number of hydrogen-bond donors (Lipinski definition) is 0. The number of aldehydes is 1. The largest absolute Gasteiger partial charge is 0.465 e. The molecule has 2 aliphatic rings. The first-order valence-electron chi connectivity index (χ1n) is 12.3. The molecule has 3 aromatic rings. The van der Waals surface area contributed by atoms with Gasteiger partial charge in [0, 0.05) is 18.1 Å². The van der Waals surface area contributed by atoms with Gasteiger partial charge in [0.1, 0.15) is 17.2 Å². The molecule has 0 amide bonds. The van der Waals surface area contributed by atoms with E-state index in [1.807, 2.05) is 30.3 Å². The molecule has 1 aliphatic heterocycles. The summed E-state index contributed by atoms with van der Waals surface area (Å²) in [5, 5.41) is 0.671. The van der Waals surface area contributed by atoms with Crippen LogP contribution in [0.4, 0.5) is 0 Å². The Bertz CT molecular complexity index is 1210. The highest BCUT2D eigenvalue weighted by Crippen LogP contribution is 2.48. The molecule has 2 fully saturated rings. The second-order valence-corrected chi connectivity index (χ2v) is 11.1. The summed E-state index contributed by atoms with van der Waals surface area (Å²) in [5.74, 6) is 0.0151. The summed E-state index contributed by atoms with van der Waals surface area (Å²) in [5.41, 5.74) is 4.20. The molecular formula is C27H31ClN2O4S. The minimum absolute atomic E-state index is 0.284. The number of carbonyl (C=O) groups excluding carboxylic acids is 2. The Balaban J connectivity index is 1.78. The minimum atomic E-state index is -0.525. The molecule has 2 aromatic heterocycles. The molecule has 0 N–H and O–H groups in total. The van der Waals surface area contributed by atoms with Crippen LogP contribution in [0.3, 0.4) is 0 Å². The lowest BCUT2D eigenvalue weighted by Gasteiger charge is -2.34. The maximum Gasteiger partial charge on any atom is 0.348 e. The fourth-order valence-electron chi connectivity index (χ4n) is 5.63. The van der Waals surface area contributed by atoms with Gasteiger partial charge in [-0.05, 0) is 55.1 Å². The van der Waals surface area contributed by atoms with Crippen molar-refractivity contribution < 1.29 is 19.1 Å². The van der Waals surface area contributed by atoms with E-state index in [-0.39, 0.29) is 12.1 Å². The third kappa shape index (κ3) is 4.67. The van der Waals surface area contributed by atoms with Gasteiger partial charge < -0.3 is 23.7 Å². The van der Waals surface area contributed by atoms with Crippen LogP contribution in [-0.4, -0.2) is 61.7 Å². The highest BCUT2D eigenvalue weighted by atomic mass is 35.5. The second-order valence-electron chi connectivity index (χ2n) is 9.59. The van der Waals surface area contributed by atoms with E-state index >= 15 is 0 Å². The lowest BCUT2D eigenvalue weighted by Crippen LogP contribution is -2.45. The smallest absolute Gasteiger partial charge is 0.348 e. The SMILES string of the molecule is COC(=O)c1cc2c(s1)c(C1CCCCC1)c(-c1ccc(Cl)cc1)n2C(C=O)C1CN(C)CCO1. The molecule has 186 valence electrons. The Kier molecular flexibility index (Phi) is 7.30. The molecule has 5 rings (SSSR count). The van der Waals surface area contributed by atoms with Gasteiger partial charge in [0.15, 0.2) is 0 Å². The number of halogens is 1. The lowest BCUT2D eigenvalue weighted by molar-refractivity contribution is -0.118. The third-order valence-corrected chi connectivity index (χ3v) is 8.73. The normalized spacial score (nSPS) is 20.7. The van der Waals surface area contributed by atoms with Crippen molar-refractivity contribution in [3.8, 4) is 11.3 Å². The molecule has 35 heavy (non-hydrogen) atoms. The van der Waals surface area contributed by atoms with Gasteiger partial charge >= 0.3 is 5.97 Å². The predicted molar refractivity (Wildman–Crippen MR) is 140 cm³/mol. The van der Waals surface area contributed by atoms with E-state index in [1.54, 1.807) is 0 Å². The van der Waals surface area contributed by atoms with Gasteiger partial charge in [0.05, 0.1) is 35.7 Å².